The minimum Gasteiger partial charge on any atom is -0.330 e. The molecule has 3 aromatic rings. The summed E-state index contributed by atoms with van der Waals surface area (Å²) in [6.45, 7) is 0. The third kappa shape index (κ3) is 4.96. The van der Waals surface area contributed by atoms with E-state index in [1.807, 2.05) is 42.5 Å². The van der Waals surface area contributed by atoms with E-state index in [2.05, 4.69) is 15.8 Å². The maximum absolute atomic E-state index is 12.8. The number of nitrogens with zero attached hydrogens (tertiary/aromatic N) is 1. The van der Waals surface area contributed by atoms with Gasteiger partial charge in [0, 0.05) is 0 Å². The van der Waals surface area contributed by atoms with Crippen molar-refractivity contribution in [1.82, 2.24) is 5.43 Å². The number of hydrogen-bond acceptors (Lipinski definition) is 2. The van der Waals surface area contributed by atoms with E-state index in [4.69, 9.17) is 23.8 Å². The molecule has 3 aromatic carbocycles. The summed E-state index contributed by atoms with van der Waals surface area (Å²) in [5.41, 5.74) is 2.64. The Bertz CT molecular complexity index is 1020. The van der Waals surface area contributed by atoms with E-state index in [0.717, 1.165) is 34.5 Å². The second-order valence-electron chi connectivity index (χ2n) is 5.62. The lowest BCUT2D eigenvalue weighted by Crippen LogP contribution is -2.24. The summed E-state index contributed by atoms with van der Waals surface area (Å²) in [6.07, 6.45) is -2.90. The van der Waals surface area contributed by atoms with Gasteiger partial charge in [0.05, 0.1) is 22.5 Å². The summed E-state index contributed by atoms with van der Waals surface area (Å²) >= 11 is 11.0. The molecule has 0 unspecified atom stereocenters. The van der Waals surface area contributed by atoms with E-state index >= 15 is 0 Å². The molecule has 3 rings (SSSR count). The maximum Gasteiger partial charge on any atom is 0.416 e. The van der Waals surface area contributed by atoms with Crippen LogP contribution in [0, 0.1) is 0 Å². The fraction of sp³-hybridized carbons (Fsp3) is 0.0526. The zero-order valence-corrected chi connectivity index (χ0v) is 15.3. The van der Waals surface area contributed by atoms with Crippen LogP contribution in [0.15, 0.2) is 65.8 Å². The first-order valence-corrected chi connectivity index (χ1v) is 8.57. The molecule has 0 aliphatic heterocycles. The minimum absolute atomic E-state index is 0.0215. The van der Waals surface area contributed by atoms with Crippen molar-refractivity contribution in [2.24, 2.45) is 5.10 Å². The number of alkyl halides is 3. The van der Waals surface area contributed by atoms with Crippen molar-refractivity contribution in [3.05, 3.63) is 76.8 Å². The monoisotopic (exact) mass is 407 g/mol. The molecule has 27 heavy (non-hydrogen) atoms. The van der Waals surface area contributed by atoms with Crippen LogP contribution in [0.4, 0.5) is 18.9 Å². The standard InChI is InChI=1S/C19H13ClF3N3S/c20-16-8-7-15(19(21,22)23)10-17(16)25-18(27)26-24-11-12-5-6-13-3-1-2-4-14(13)9-12/h1-11H,(H2,25,26,27)/b24-11-. The third-order valence-electron chi connectivity index (χ3n) is 3.70. The van der Waals surface area contributed by atoms with Gasteiger partial charge in [0.15, 0.2) is 5.11 Å². The highest BCUT2D eigenvalue weighted by atomic mass is 35.5. The highest BCUT2D eigenvalue weighted by molar-refractivity contribution is 7.80. The van der Waals surface area contributed by atoms with Crippen LogP contribution in [0.2, 0.25) is 5.02 Å². The molecule has 0 amide bonds. The number of hydrogen-bond donors (Lipinski definition) is 2. The molecule has 0 bridgehead atoms. The number of nitrogens with one attached hydrogen (secondary N) is 2. The molecule has 0 aromatic heterocycles. The molecule has 138 valence electrons. The van der Waals surface area contributed by atoms with E-state index in [1.165, 1.54) is 0 Å². The van der Waals surface area contributed by atoms with Crippen LogP contribution in [0.1, 0.15) is 11.1 Å². The van der Waals surface area contributed by atoms with Gasteiger partial charge in [-0.1, -0.05) is 48.0 Å². The molecule has 0 radical (unpaired) electrons. The maximum atomic E-state index is 12.8. The molecule has 0 aliphatic carbocycles. The Balaban J connectivity index is 1.66. The van der Waals surface area contributed by atoms with E-state index in [1.54, 1.807) is 6.21 Å². The Morgan fingerprint density at radius 2 is 1.74 bits per heavy atom. The van der Waals surface area contributed by atoms with Crippen molar-refractivity contribution in [2.75, 3.05) is 5.32 Å². The summed E-state index contributed by atoms with van der Waals surface area (Å²) in [7, 11) is 0. The van der Waals surface area contributed by atoms with Gasteiger partial charge in [-0.05, 0) is 52.8 Å². The first kappa shape index (κ1) is 19.1. The number of anilines is 1. The quantitative estimate of drug-likeness (QED) is 0.325. The Kier molecular flexibility index (Phi) is 5.62. The van der Waals surface area contributed by atoms with E-state index < -0.39 is 11.7 Å². The molecular formula is C19H13ClF3N3S. The molecule has 0 saturated carbocycles. The predicted octanol–water partition coefficient (Wildman–Crippen LogP) is 5.83. The Morgan fingerprint density at radius 3 is 2.48 bits per heavy atom. The van der Waals surface area contributed by atoms with Crippen molar-refractivity contribution in [2.45, 2.75) is 6.18 Å². The minimum atomic E-state index is -4.47. The van der Waals surface area contributed by atoms with Crippen molar-refractivity contribution in [3.8, 4) is 0 Å². The van der Waals surface area contributed by atoms with Gasteiger partial charge in [-0.15, -0.1) is 0 Å². The average Bonchev–Trinajstić information content (AvgIpc) is 2.62. The van der Waals surface area contributed by atoms with Gasteiger partial charge in [0.2, 0.25) is 0 Å². The smallest absolute Gasteiger partial charge is 0.330 e. The lowest BCUT2D eigenvalue weighted by molar-refractivity contribution is -0.137. The van der Waals surface area contributed by atoms with Gasteiger partial charge >= 0.3 is 6.18 Å². The molecule has 0 aliphatic rings. The first-order chi connectivity index (χ1) is 12.8. The zero-order valence-electron chi connectivity index (χ0n) is 13.7. The summed E-state index contributed by atoms with van der Waals surface area (Å²) in [5, 5.41) is 8.93. The first-order valence-electron chi connectivity index (χ1n) is 7.78. The van der Waals surface area contributed by atoms with Gasteiger partial charge in [0.1, 0.15) is 0 Å². The summed E-state index contributed by atoms with van der Waals surface area (Å²) < 4.78 is 38.4. The molecule has 0 fully saturated rings. The van der Waals surface area contributed by atoms with E-state index in [0.29, 0.717) is 0 Å². The number of fused-ring (bicyclic) bond motifs is 1. The number of benzene rings is 3. The molecule has 0 spiro atoms. The predicted molar refractivity (Wildman–Crippen MR) is 107 cm³/mol. The molecular weight excluding hydrogens is 395 g/mol. The molecule has 8 heteroatoms. The molecule has 2 N–H and O–H groups in total. The summed E-state index contributed by atoms with van der Waals surface area (Å²) in [4.78, 5) is 0. The van der Waals surface area contributed by atoms with Gasteiger partial charge in [-0.25, -0.2) is 0 Å². The van der Waals surface area contributed by atoms with Crippen LogP contribution in [0.3, 0.4) is 0 Å². The third-order valence-corrected chi connectivity index (χ3v) is 4.22. The number of hydrazone groups is 1. The second kappa shape index (κ2) is 7.94. The second-order valence-corrected chi connectivity index (χ2v) is 6.44. The Labute approximate surface area is 163 Å². The number of rotatable bonds is 3. The van der Waals surface area contributed by atoms with Gasteiger partial charge in [-0.3, -0.25) is 5.43 Å². The highest BCUT2D eigenvalue weighted by Crippen LogP contribution is 2.33. The van der Waals surface area contributed by atoms with Crippen LogP contribution in [0.5, 0.6) is 0 Å². The lowest BCUT2D eigenvalue weighted by Gasteiger charge is -2.12. The van der Waals surface area contributed by atoms with Crippen LogP contribution < -0.4 is 10.7 Å². The lowest BCUT2D eigenvalue weighted by atomic mass is 10.1. The number of thiocarbonyl (C=S) groups is 1. The fourth-order valence-electron chi connectivity index (χ4n) is 2.40. The molecule has 0 atom stereocenters. The van der Waals surface area contributed by atoms with Crippen molar-refractivity contribution >= 4 is 51.6 Å². The Hall–Kier alpha value is -2.64. The van der Waals surface area contributed by atoms with Crippen LogP contribution >= 0.6 is 23.8 Å². The Morgan fingerprint density at radius 1 is 1.00 bits per heavy atom. The van der Waals surface area contributed by atoms with E-state index in [9.17, 15) is 13.2 Å². The van der Waals surface area contributed by atoms with Crippen LogP contribution in [-0.4, -0.2) is 11.3 Å². The summed E-state index contributed by atoms with van der Waals surface area (Å²) in [5.74, 6) is 0. The molecule has 3 nitrogen and oxygen atoms in total. The molecule has 0 saturated heterocycles. The van der Waals surface area contributed by atoms with Crippen molar-refractivity contribution < 1.29 is 13.2 Å². The fourth-order valence-corrected chi connectivity index (χ4v) is 2.73. The SMILES string of the molecule is FC(F)(F)c1ccc(Cl)c(NC(=S)N/N=C\c2ccc3ccccc3c2)c1. The topological polar surface area (TPSA) is 36.4 Å². The van der Waals surface area contributed by atoms with Crippen LogP contribution in [-0.2, 0) is 6.18 Å². The average molecular weight is 408 g/mol. The largest absolute Gasteiger partial charge is 0.416 e. The van der Waals surface area contributed by atoms with Crippen LogP contribution in [0.25, 0.3) is 10.8 Å². The van der Waals surface area contributed by atoms with E-state index in [-0.39, 0.29) is 15.8 Å². The number of halogens is 4. The van der Waals surface area contributed by atoms with Crippen molar-refractivity contribution in [3.63, 3.8) is 0 Å². The van der Waals surface area contributed by atoms with Crippen molar-refractivity contribution in [1.29, 1.82) is 0 Å². The van der Waals surface area contributed by atoms with Gasteiger partial charge in [0.25, 0.3) is 0 Å². The highest BCUT2D eigenvalue weighted by Gasteiger charge is 2.31. The zero-order chi connectivity index (χ0) is 19.4. The molecule has 0 heterocycles. The van der Waals surface area contributed by atoms with Gasteiger partial charge < -0.3 is 5.32 Å². The van der Waals surface area contributed by atoms with Gasteiger partial charge in [-0.2, -0.15) is 18.3 Å². The summed E-state index contributed by atoms with van der Waals surface area (Å²) in [6, 6.07) is 16.7. The normalized spacial score (nSPS) is 11.7.